The molecule has 2 aromatic carbocycles. The molecule has 0 unspecified atom stereocenters. The van der Waals surface area contributed by atoms with E-state index in [4.69, 9.17) is 9.47 Å². The third kappa shape index (κ3) is 4.22. The molecule has 2 N–H and O–H groups in total. The van der Waals surface area contributed by atoms with Gasteiger partial charge in [-0.2, -0.15) is 0 Å². The molecule has 8 nitrogen and oxygen atoms in total. The molecule has 1 aromatic heterocycles. The van der Waals surface area contributed by atoms with Crippen LogP contribution in [0.5, 0.6) is 11.5 Å². The monoisotopic (exact) mass is 397 g/mol. The molecule has 0 saturated carbocycles. The Morgan fingerprint density at radius 1 is 1.17 bits per heavy atom. The first-order valence-electron chi connectivity index (χ1n) is 9.06. The first-order valence-corrected chi connectivity index (χ1v) is 9.06. The van der Waals surface area contributed by atoms with Gasteiger partial charge in [-0.1, -0.05) is 30.3 Å². The van der Waals surface area contributed by atoms with Crippen molar-refractivity contribution < 1.29 is 19.4 Å². The summed E-state index contributed by atoms with van der Waals surface area (Å²) in [5.41, 5.74) is 0.879. The molecule has 3 rings (SSSR count). The van der Waals surface area contributed by atoms with Crippen LogP contribution in [0.25, 0.3) is 10.9 Å². The van der Waals surface area contributed by atoms with Crippen LogP contribution in [-0.2, 0) is 11.3 Å². The Balaban J connectivity index is 1.91. The maximum absolute atomic E-state index is 13.0. The van der Waals surface area contributed by atoms with Crippen LogP contribution in [0.3, 0.4) is 0 Å². The van der Waals surface area contributed by atoms with Gasteiger partial charge in [0.2, 0.25) is 5.91 Å². The highest BCUT2D eigenvalue weighted by molar-refractivity contribution is 5.82. The number of fused-ring (bicyclic) bond motifs is 1. The number of carbonyl (C=O) groups excluding carboxylic acids is 1. The first kappa shape index (κ1) is 20.3. The van der Waals surface area contributed by atoms with Gasteiger partial charge in [0.15, 0.2) is 11.5 Å². The maximum atomic E-state index is 13.0. The SMILES string of the molecule is COc1cc2nc(C)n(CC(=O)N[C@@H](CO)c3ccccc3)c(=O)c2cc1OC. The van der Waals surface area contributed by atoms with Crippen molar-refractivity contribution in [2.75, 3.05) is 20.8 Å². The molecule has 0 spiro atoms. The third-order valence-electron chi connectivity index (χ3n) is 4.67. The molecule has 152 valence electrons. The van der Waals surface area contributed by atoms with E-state index in [0.717, 1.165) is 5.56 Å². The Bertz CT molecular complexity index is 1080. The number of rotatable bonds is 7. The number of aliphatic hydroxyl groups is 1. The summed E-state index contributed by atoms with van der Waals surface area (Å²) in [5.74, 6) is 0.864. The highest BCUT2D eigenvalue weighted by Crippen LogP contribution is 2.30. The number of aryl methyl sites for hydroxylation is 1. The van der Waals surface area contributed by atoms with Crippen molar-refractivity contribution in [1.82, 2.24) is 14.9 Å². The van der Waals surface area contributed by atoms with E-state index in [1.165, 1.54) is 18.8 Å². The zero-order chi connectivity index (χ0) is 21.0. The second-order valence-electron chi connectivity index (χ2n) is 6.49. The van der Waals surface area contributed by atoms with Crippen molar-refractivity contribution in [3.8, 4) is 11.5 Å². The number of benzene rings is 2. The molecule has 8 heteroatoms. The Morgan fingerprint density at radius 3 is 2.45 bits per heavy atom. The highest BCUT2D eigenvalue weighted by atomic mass is 16.5. The molecule has 0 aliphatic rings. The number of amides is 1. The van der Waals surface area contributed by atoms with Gasteiger partial charge in [-0.3, -0.25) is 14.2 Å². The lowest BCUT2D eigenvalue weighted by Gasteiger charge is -2.18. The second kappa shape index (κ2) is 8.74. The van der Waals surface area contributed by atoms with E-state index in [1.807, 2.05) is 30.3 Å². The standard InChI is InChI=1S/C21H23N3O5/c1-13-22-16-10-19(29-3)18(28-2)9-15(16)21(27)24(13)11-20(26)23-17(12-25)14-7-5-4-6-8-14/h4-10,17,25H,11-12H2,1-3H3,(H,23,26)/t17-/m0/s1. The van der Waals surface area contributed by atoms with Gasteiger partial charge in [0.1, 0.15) is 12.4 Å². The molecule has 3 aromatic rings. The predicted octanol–water partition coefficient (Wildman–Crippen LogP) is 1.57. The van der Waals surface area contributed by atoms with Crippen LogP contribution in [-0.4, -0.2) is 41.4 Å². The summed E-state index contributed by atoms with van der Waals surface area (Å²) in [5, 5.41) is 12.7. The minimum atomic E-state index is -0.558. The van der Waals surface area contributed by atoms with Gasteiger partial charge in [0.25, 0.3) is 5.56 Å². The molecule has 1 atom stereocenters. The smallest absolute Gasteiger partial charge is 0.262 e. The number of nitrogens with zero attached hydrogens (tertiary/aromatic N) is 2. The fourth-order valence-corrected chi connectivity index (χ4v) is 3.15. The van der Waals surface area contributed by atoms with Gasteiger partial charge in [-0.25, -0.2) is 4.98 Å². The Hall–Kier alpha value is -3.39. The average molecular weight is 397 g/mol. The van der Waals surface area contributed by atoms with Gasteiger partial charge >= 0.3 is 0 Å². The highest BCUT2D eigenvalue weighted by Gasteiger charge is 2.17. The van der Waals surface area contributed by atoms with E-state index >= 15 is 0 Å². The topological polar surface area (TPSA) is 103 Å². The van der Waals surface area contributed by atoms with Crippen LogP contribution in [0.15, 0.2) is 47.3 Å². The largest absolute Gasteiger partial charge is 0.493 e. The number of carbonyl (C=O) groups is 1. The normalized spacial score (nSPS) is 11.9. The van der Waals surface area contributed by atoms with Crippen LogP contribution >= 0.6 is 0 Å². The Morgan fingerprint density at radius 2 is 1.83 bits per heavy atom. The molecular formula is C21H23N3O5. The predicted molar refractivity (Wildman–Crippen MR) is 108 cm³/mol. The minimum Gasteiger partial charge on any atom is -0.493 e. The molecular weight excluding hydrogens is 374 g/mol. The summed E-state index contributed by atoms with van der Waals surface area (Å²) in [6, 6.07) is 11.8. The molecule has 29 heavy (non-hydrogen) atoms. The van der Waals surface area contributed by atoms with Gasteiger partial charge < -0.3 is 19.9 Å². The average Bonchev–Trinajstić information content (AvgIpc) is 2.74. The van der Waals surface area contributed by atoms with E-state index in [1.54, 1.807) is 19.1 Å². The number of methoxy groups -OCH3 is 2. The fraction of sp³-hybridized carbons (Fsp3) is 0.286. The summed E-state index contributed by atoms with van der Waals surface area (Å²) in [7, 11) is 2.99. The molecule has 0 bridgehead atoms. The van der Waals surface area contributed by atoms with Crippen molar-refractivity contribution in [1.29, 1.82) is 0 Å². The molecule has 1 amide bonds. The summed E-state index contributed by atoms with van der Waals surface area (Å²) in [6.07, 6.45) is 0. The van der Waals surface area contributed by atoms with E-state index in [9.17, 15) is 14.7 Å². The van der Waals surface area contributed by atoms with Gasteiger partial charge in [-0.05, 0) is 18.6 Å². The molecule has 0 aliphatic heterocycles. The number of ether oxygens (including phenoxy) is 2. The van der Waals surface area contributed by atoms with Gasteiger partial charge in [0.05, 0.1) is 37.8 Å². The van der Waals surface area contributed by atoms with Crippen molar-refractivity contribution in [2.45, 2.75) is 19.5 Å². The van der Waals surface area contributed by atoms with E-state index in [2.05, 4.69) is 10.3 Å². The van der Waals surface area contributed by atoms with Crippen molar-refractivity contribution in [3.63, 3.8) is 0 Å². The first-order chi connectivity index (χ1) is 14.0. The Kier molecular flexibility index (Phi) is 6.13. The van der Waals surface area contributed by atoms with Crippen LogP contribution in [0.4, 0.5) is 0 Å². The van der Waals surface area contributed by atoms with E-state index in [-0.39, 0.29) is 18.7 Å². The summed E-state index contributed by atoms with van der Waals surface area (Å²) >= 11 is 0. The summed E-state index contributed by atoms with van der Waals surface area (Å²) < 4.78 is 11.8. The van der Waals surface area contributed by atoms with Gasteiger partial charge in [0, 0.05) is 6.07 Å². The number of aliphatic hydroxyl groups excluding tert-OH is 1. The van der Waals surface area contributed by atoms with E-state index in [0.29, 0.717) is 28.2 Å². The molecule has 1 heterocycles. The molecule has 0 fully saturated rings. The van der Waals surface area contributed by atoms with Crippen molar-refractivity contribution in [3.05, 3.63) is 64.2 Å². The second-order valence-corrected chi connectivity index (χ2v) is 6.49. The lowest BCUT2D eigenvalue weighted by molar-refractivity contribution is -0.122. The van der Waals surface area contributed by atoms with Crippen LogP contribution in [0.1, 0.15) is 17.4 Å². The number of aromatic nitrogens is 2. The third-order valence-corrected chi connectivity index (χ3v) is 4.67. The molecule has 0 radical (unpaired) electrons. The summed E-state index contributed by atoms with van der Waals surface area (Å²) in [4.78, 5) is 30.0. The molecule has 0 aliphatic carbocycles. The Labute approximate surface area is 167 Å². The van der Waals surface area contributed by atoms with Crippen molar-refractivity contribution in [2.24, 2.45) is 0 Å². The lowest BCUT2D eigenvalue weighted by atomic mass is 10.1. The number of hydrogen-bond donors (Lipinski definition) is 2. The van der Waals surface area contributed by atoms with Crippen LogP contribution < -0.4 is 20.3 Å². The zero-order valence-corrected chi connectivity index (χ0v) is 16.5. The van der Waals surface area contributed by atoms with E-state index < -0.39 is 11.9 Å². The number of hydrogen-bond acceptors (Lipinski definition) is 6. The number of nitrogens with one attached hydrogen (secondary N) is 1. The van der Waals surface area contributed by atoms with Gasteiger partial charge in [-0.15, -0.1) is 0 Å². The van der Waals surface area contributed by atoms with Crippen molar-refractivity contribution >= 4 is 16.8 Å². The molecule has 0 saturated heterocycles. The maximum Gasteiger partial charge on any atom is 0.262 e. The minimum absolute atomic E-state index is 0.217. The van der Waals surface area contributed by atoms with Crippen LogP contribution in [0.2, 0.25) is 0 Å². The lowest BCUT2D eigenvalue weighted by Crippen LogP contribution is -2.37. The van der Waals surface area contributed by atoms with Crippen LogP contribution in [0, 0.1) is 6.92 Å². The summed E-state index contributed by atoms with van der Waals surface area (Å²) in [6.45, 7) is 1.19. The fourth-order valence-electron chi connectivity index (χ4n) is 3.15. The quantitative estimate of drug-likeness (QED) is 0.627. The zero-order valence-electron chi connectivity index (χ0n) is 16.5.